The van der Waals surface area contributed by atoms with Gasteiger partial charge in [0.1, 0.15) is 0 Å². The van der Waals surface area contributed by atoms with Gasteiger partial charge in [-0.3, -0.25) is 0 Å². The number of aromatic nitrogens is 1. The van der Waals surface area contributed by atoms with Crippen molar-refractivity contribution in [1.29, 1.82) is 0 Å². The summed E-state index contributed by atoms with van der Waals surface area (Å²) in [6.45, 7) is 2.02. The predicted molar refractivity (Wildman–Crippen MR) is 64.0 cm³/mol. The fourth-order valence-corrected chi connectivity index (χ4v) is 1.83. The summed E-state index contributed by atoms with van der Waals surface area (Å²) in [7, 11) is 0. The zero-order valence-corrected chi connectivity index (χ0v) is 10.5. The number of hydrogen-bond donors (Lipinski definition) is 0. The number of hydrogen-bond acceptors (Lipinski definition) is 2. The molecule has 0 aliphatic heterocycles. The quantitative estimate of drug-likeness (QED) is 0.822. The van der Waals surface area contributed by atoms with Gasteiger partial charge in [-0.1, -0.05) is 35.0 Å². The lowest BCUT2D eigenvalue weighted by molar-refractivity contribution is 0.573. The minimum atomic E-state index is 0.199. The van der Waals surface area contributed by atoms with Gasteiger partial charge >= 0.3 is 0 Å². The SMILES string of the molecule is CCc1nc(Cl)oc1-c1ccc(Br)cc1. The van der Waals surface area contributed by atoms with Gasteiger partial charge in [0.2, 0.25) is 0 Å². The van der Waals surface area contributed by atoms with Gasteiger partial charge in [-0.2, -0.15) is 0 Å². The largest absolute Gasteiger partial charge is 0.427 e. The molecule has 0 atom stereocenters. The highest BCUT2D eigenvalue weighted by Gasteiger charge is 2.11. The lowest BCUT2D eigenvalue weighted by Gasteiger charge is -1.98. The summed E-state index contributed by atoms with van der Waals surface area (Å²) in [6.07, 6.45) is 0.807. The summed E-state index contributed by atoms with van der Waals surface area (Å²) in [5.41, 5.74) is 1.89. The van der Waals surface area contributed by atoms with Gasteiger partial charge in [-0.05, 0) is 30.2 Å². The molecule has 15 heavy (non-hydrogen) atoms. The van der Waals surface area contributed by atoms with Crippen LogP contribution in [0.5, 0.6) is 0 Å². The molecule has 78 valence electrons. The molecule has 0 N–H and O–H groups in total. The number of nitrogens with zero attached hydrogens (tertiary/aromatic N) is 1. The average molecular weight is 287 g/mol. The van der Waals surface area contributed by atoms with Crippen LogP contribution in [0.4, 0.5) is 0 Å². The van der Waals surface area contributed by atoms with E-state index in [2.05, 4.69) is 20.9 Å². The van der Waals surface area contributed by atoms with Crippen LogP contribution < -0.4 is 0 Å². The van der Waals surface area contributed by atoms with E-state index in [1.54, 1.807) is 0 Å². The van der Waals surface area contributed by atoms with Crippen LogP contribution in [0.15, 0.2) is 33.2 Å². The van der Waals surface area contributed by atoms with Crippen LogP contribution in [0.1, 0.15) is 12.6 Å². The molecule has 0 saturated carbocycles. The maximum Gasteiger partial charge on any atom is 0.292 e. The minimum Gasteiger partial charge on any atom is -0.427 e. The number of aryl methyl sites for hydroxylation is 1. The highest BCUT2D eigenvalue weighted by molar-refractivity contribution is 9.10. The van der Waals surface area contributed by atoms with Crippen molar-refractivity contribution < 1.29 is 4.42 Å². The number of benzene rings is 1. The fraction of sp³-hybridized carbons (Fsp3) is 0.182. The zero-order chi connectivity index (χ0) is 10.8. The Morgan fingerprint density at radius 3 is 2.60 bits per heavy atom. The highest BCUT2D eigenvalue weighted by Crippen LogP contribution is 2.28. The monoisotopic (exact) mass is 285 g/mol. The van der Waals surface area contributed by atoms with Crippen LogP contribution >= 0.6 is 27.5 Å². The van der Waals surface area contributed by atoms with Crippen molar-refractivity contribution >= 4 is 27.5 Å². The van der Waals surface area contributed by atoms with Gasteiger partial charge in [0.25, 0.3) is 5.35 Å². The summed E-state index contributed by atoms with van der Waals surface area (Å²) >= 11 is 9.12. The van der Waals surface area contributed by atoms with Gasteiger partial charge in [-0.25, -0.2) is 4.98 Å². The third-order valence-electron chi connectivity index (χ3n) is 2.11. The maximum atomic E-state index is 5.74. The summed E-state index contributed by atoms with van der Waals surface area (Å²) in [6, 6.07) is 7.87. The first-order chi connectivity index (χ1) is 7.20. The van der Waals surface area contributed by atoms with Gasteiger partial charge in [-0.15, -0.1) is 0 Å². The fourth-order valence-electron chi connectivity index (χ4n) is 1.39. The molecular weight excluding hydrogens is 277 g/mol. The second-order valence-corrected chi connectivity index (χ2v) is 4.34. The summed E-state index contributed by atoms with van der Waals surface area (Å²) < 4.78 is 6.41. The average Bonchev–Trinajstić information content (AvgIpc) is 2.61. The molecule has 4 heteroatoms. The van der Waals surface area contributed by atoms with Crippen LogP contribution in [0, 0.1) is 0 Å². The van der Waals surface area contributed by atoms with Crippen LogP contribution in [0.25, 0.3) is 11.3 Å². The van der Waals surface area contributed by atoms with E-state index in [0.29, 0.717) is 0 Å². The van der Waals surface area contributed by atoms with Gasteiger partial charge < -0.3 is 4.42 Å². The van der Waals surface area contributed by atoms with E-state index in [1.165, 1.54) is 0 Å². The number of halogens is 2. The molecule has 1 aromatic heterocycles. The van der Waals surface area contributed by atoms with Gasteiger partial charge in [0, 0.05) is 10.0 Å². The lowest BCUT2D eigenvalue weighted by atomic mass is 10.1. The smallest absolute Gasteiger partial charge is 0.292 e. The molecule has 0 radical (unpaired) electrons. The Kier molecular flexibility index (Phi) is 3.12. The maximum absolute atomic E-state index is 5.74. The second-order valence-electron chi connectivity index (χ2n) is 3.10. The van der Waals surface area contributed by atoms with Crippen LogP contribution in [-0.2, 0) is 6.42 Å². The first kappa shape index (κ1) is 10.7. The van der Waals surface area contributed by atoms with E-state index in [1.807, 2.05) is 31.2 Å². The highest BCUT2D eigenvalue weighted by atomic mass is 79.9. The molecule has 0 saturated heterocycles. The molecule has 0 spiro atoms. The van der Waals surface area contributed by atoms with Crippen molar-refractivity contribution in [3.63, 3.8) is 0 Å². The van der Waals surface area contributed by atoms with Crippen LogP contribution in [0.2, 0.25) is 5.35 Å². The summed E-state index contributed by atoms with van der Waals surface area (Å²) in [5.74, 6) is 0.759. The Morgan fingerprint density at radius 1 is 1.33 bits per heavy atom. The molecule has 0 bridgehead atoms. The molecule has 2 aromatic rings. The van der Waals surface area contributed by atoms with Gasteiger partial charge in [0.05, 0.1) is 5.69 Å². The number of rotatable bonds is 2. The van der Waals surface area contributed by atoms with E-state index in [0.717, 1.165) is 27.9 Å². The topological polar surface area (TPSA) is 26.0 Å². The van der Waals surface area contributed by atoms with Crippen molar-refractivity contribution in [2.45, 2.75) is 13.3 Å². The Bertz CT molecular complexity index is 464. The lowest BCUT2D eigenvalue weighted by Crippen LogP contribution is -1.83. The normalized spacial score (nSPS) is 10.6. The minimum absolute atomic E-state index is 0.199. The third-order valence-corrected chi connectivity index (χ3v) is 2.80. The Balaban J connectivity index is 2.48. The Labute approximate surface area is 101 Å². The zero-order valence-electron chi connectivity index (χ0n) is 8.13. The standard InChI is InChI=1S/C11H9BrClNO/c1-2-9-10(15-11(13)14-9)7-3-5-8(12)6-4-7/h3-6H,2H2,1H3. The summed E-state index contributed by atoms with van der Waals surface area (Å²) in [4.78, 5) is 4.11. The van der Waals surface area contributed by atoms with E-state index < -0.39 is 0 Å². The van der Waals surface area contributed by atoms with Crippen molar-refractivity contribution in [1.82, 2.24) is 4.98 Å². The molecule has 0 aliphatic carbocycles. The second kappa shape index (κ2) is 4.37. The molecule has 1 aromatic carbocycles. The molecule has 0 amide bonds. The van der Waals surface area contributed by atoms with Crippen molar-refractivity contribution in [2.75, 3.05) is 0 Å². The van der Waals surface area contributed by atoms with Gasteiger partial charge in [0.15, 0.2) is 5.76 Å². The number of oxazole rings is 1. The van der Waals surface area contributed by atoms with E-state index >= 15 is 0 Å². The van der Waals surface area contributed by atoms with E-state index in [4.69, 9.17) is 16.0 Å². The molecule has 2 nitrogen and oxygen atoms in total. The Hall–Kier alpha value is -0.800. The van der Waals surface area contributed by atoms with Crippen LogP contribution in [0.3, 0.4) is 0 Å². The molecule has 1 heterocycles. The molecular formula is C11H9BrClNO. The van der Waals surface area contributed by atoms with E-state index in [-0.39, 0.29) is 5.35 Å². The molecule has 0 aliphatic rings. The molecule has 2 rings (SSSR count). The van der Waals surface area contributed by atoms with Crippen LogP contribution in [-0.4, -0.2) is 4.98 Å². The third kappa shape index (κ3) is 2.24. The summed E-state index contributed by atoms with van der Waals surface area (Å²) in [5, 5.41) is 0.199. The Morgan fingerprint density at radius 2 is 2.00 bits per heavy atom. The predicted octanol–water partition coefficient (Wildman–Crippen LogP) is 4.32. The van der Waals surface area contributed by atoms with Crippen molar-refractivity contribution in [2.24, 2.45) is 0 Å². The molecule has 0 unspecified atom stereocenters. The first-order valence-corrected chi connectivity index (χ1v) is 5.79. The first-order valence-electron chi connectivity index (χ1n) is 4.62. The van der Waals surface area contributed by atoms with E-state index in [9.17, 15) is 0 Å². The molecule has 0 fully saturated rings. The van der Waals surface area contributed by atoms with Crippen molar-refractivity contribution in [3.8, 4) is 11.3 Å². The van der Waals surface area contributed by atoms with Crippen molar-refractivity contribution in [3.05, 3.63) is 39.8 Å².